The van der Waals surface area contributed by atoms with Gasteiger partial charge in [0.15, 0.2) is 5.84 Å². The number of aryl methyl sites for hydroxylation is 1. The smallest absolute Gasteiger partial charge is 0.240 e. The lowest BCUT2D eigenvalue weighted by molar-refractivity contribution is -0.123. The van der Waals surface area contributed by atoms with E-state index in [9.17, 15) is 4.79 Å². The molecule has 98 valence electrons. The van der Waals surface area contributed by atoms with Crippen molar-refractivity contribution in [2.75, 3.05) is 11.9 Å². The third-order valence-corrected chi connectivity index (χ3v) is 3.06. The summed E-state index contributed by atoms with van der Waals surface area (Å²) in [6, 6.07) is 7.56. The molecule has 5 heteroatoms. The molecule has 0 aromatic heterocycles. The summed E-state index contributed by atoms with van der Waals surface area (Å²) in [5.41, 5.74) is 6.30. The number of rotatable bonds is 3. The first-order chi connectivity index (χ1) is 8.32. The number of hydrogen-bond donors (Lipinski definition) is 2. The number of hydrogen-bond acceptors (Lipinski definition) is 3. The van der Waals surface area contributed by atoms with E-state index in [1.165, 1.54) is 4.90 Å². The molecule has 1 aromatic carbocycles. The number of benzene rings is 1. The Balaban J connectivity index is 3.09. The first-order valence-corrected chi connectivity index (χ1v) is 5.64. The maximum Gasteiger partial charge on any atom is 0.240 e. The molecule has 0 aliphatic rings. The average Bonchev–Trinajstić information content (AvgIpc) is 2.36. The van der Waals surface area contributed by atoms with Crippen molar-refractivity contribution in [3.05, 3.63) is 29.8 Å². The molecule has 1 aromatic rings. The minimum absolute atomic E-state index is 0.104. The molecule has 0 bridgehead atoms. The number of para-hydroxylation sites is 1. The zero-order valence-electron chi connectivity index (χ0n) is 11.1. The first kappa shape index (κ1) is 14.0. The highest BCUT2D eigenvalue weighted by Crippen LogP contribution is 2.25. The van der Waals surface area contributed by atoms with E-state index in [-0.39, 0.29) is 11.7 Å². The van der Waals surface area contributed by atoms with Crippen molar-refractivity contribution < 1.29 is 10.0 Å². The van der Waals surface area contributed by atoms with E-state index in [0.29, 0.717) is 0 Å². The highest BCUT2D eigenvalue weighted by Gasteiger charge is 2.35. The van der Waals surface area contributed by atoms with Crippen LogP contribution in [0.5, 0.6) is 0 Å². The topological polar surface area (TPSA) is 78.9 Å². The number of carbonyl (C=O) groups is 1. The van der Waals surface area contributed by atoms with Gasteiger partial charge >= 0.3 is 0 Å². The van der Waals surface area contributed by atoms with Crippen molar-refractivity contribution in [3.63, 3.8) is 0 Å². The van der Waals surface area contributed by atoms with Crippen LogP contribution in [0, 0.1) is 12.3 Å². The second-order valence-electron chi connectivity index (χ2n) is 4.76. The van der Waals surface area contributed by atoms with Crippen molar-refractivity contribution in [1.82, 2.24) is 0 Å². The van der Waals surface area contributed by atoms with Crippen molar-refractivity contribution in [2.45, 2.75) is 20.8 Å². The Morgan fingerprint density at radius 3 is 2.44 bits per heavy atom. The van der Waals surface area contributed by atoms with Crippen LogP contribution in [0.1, 0.15) is 19.4 Å². The van der Waals surface area contributed by atoms with Crippen LogP contribution in [-0.4, -0.2) is 24.0 Å². The number of oxime groups is 1. The van der Waals surface area contributed by atoms with Gasteiger partial charge in [-0.25, -0.2) is 0 Å². The second-order valence-corrected chi connectivity index (χ2v) is 4.76. The minimum atomic E-state index is -1.05. The molecule has 0 unspecified atom stereocenters. The highest BCUT2D eigenvalue weighted by atomic mass is 16.4. The molecular weight excluding hydrogens is 230 g/mol. The lowest BCUT2D eigenvalue weighted by atomic mass is 9.90. The molecule has 0 fully saturated rings. The molecular formula is C13H19N3O2. The summed E-state index contributed by atoms with van der Waals surface area (Å²) >= 11 is 0. The van der Waals surface area contributed by atoms with Crippen molar-refractivity contribution in [1.29, 1.82) is 0 Å². The van der Waals surface area contributed by atoms with Crippen LogP contribution in [0.2, 0.25) is 0 Å². The summed E-state index contributed by atoms with van der Waals surface area (Å²) in [6.07, 6.45) is 0. The SMILES string of the molecule is Cc1ccccc1N(C)C(=O)C(C)(C)C(N)=NO. The molecule has 0 heterocycles. The minimum Gasteiger partial charge on any atom is -0.409 e. The Labute approximate surface area is 107 Å². The van der Waals surface area contributed by atoms with E-state index in [4.69, 9.17) is 10.9 Å². The van der Waals surface area contributed by atoms with Gasteiger partial charge in [-0.05, 0) is 32.4 Å². The fraction of sp³-hybridized carbons (Fsp3) is 0.385. The van der Waals surface area contributed by atoms with Crippen LogP contribution in [0.25, 0.3) is 0 Å². The summed E-state index contributed by atoms with van der Waals surface area (Å²) in [6.45, 7) is 5.17. The van der Waals surface area contributed by atoms with E-state index in [0.717, 1.165) is 11.3 Å². The van der Waals surface area contributed by atoms with Crippen LogP contribution in [0.15, 0.2) is 29.4 Å². The fourth-order valence-electron chi connectivity index (χ4n) is 1.70. The van der Waals surface area contributed by atoms with Crippen LogP contribution >= 0.6 is 0 Å². The lowest BCUT2D eigenvalue weighted by Crippen LogP contribution is -2.47. The van der Waals surface area contributed by atoms with Gasteiger partial charge in [0.1, 0.15) is 5.41 Å². The van der Waals surface area contributed by atoms with Gasteiger partial charge in [-0.1, -0.05) is 23.4 Å². The van der Waals surface area contributed by atoms with E-state index < -0.39 is 5.41 Å². The molecule has 0 saturated carbocycles. The number of nitrogens with zero attached hydrogens (tertiary/aromatic N) is 2. The molecule has 0 spiro atoms. The van der Waals surface area contributed by atoms with E-state index in [1.807, 2.05) is 31.2 Å². The maximum atomic E-state index is 12.4. The highest BCUT2D eigenvalue weighted by molar-refractivity contribution is 6.12. The van der Waals surface area contributed by atoms with Crippen molar-refractivity contribution in [2.24, 2.45) is 16.3 Å². The van der Waals surface area contributed by atoms with Gasteiger partial charge < -0.3 is 15.8 Å². The Kier molecular flexibility index (Phi) is 3.96. The number of nitrogens with two attached hydrogens (primary N) is 1. The van der Waals surface area contributed by atoms with Crippen LogP contribution in [-0.2, 0) is 4.79 Å². The largest absolute Gasteiger partial charge is 0.409 e. The Bertz CT molecular complexity index is 481. The van der Waals surface area contributed by atoms with Gasteiger partial charge in [0.2, 0.25) is 5.91 Å². The first-order valence-electron chi connectivity index (χ1n) is 5.64. The van der Waals surface area contributed by atoms with Gasteiger partial charge in [0.25, 0.3) is 0 Å². The molecule has 3 N–H and O–H groups in total. The van der Waals surface area contributed by atoms with Gasteiger partial charge in [0.05, 0.1) is 0 Å². The lowest BCUT2D eigenvalue weighted by Gasteiger charge is -2.29. The van der Waals surface area contributed by atoms with Crippen molar-refractivity contribution in [3.8, 4) is 0 Å². The summed E-state index contributed by atoms with van der Waals surface area (Å²) in [4.78, 5) is 13.9. The van der Waals surface area contributed by atoms with E-state index >= 15 is 0 Å². The summed E-state index contributed by atoms with van der Waals surface area (Å²) < 4.78 is 0. The maximum absolute atomic E-state index is 12.4. The Hall–Kier alpha value is -2.04. The third kappa shape index (κ3) is 2.45. The van der Waals surface area contributed by atoms with Gasteiger partial charge in [0, 0.05) is 12.7 Å². The monoisotopic (exact) mass is 249 g/mol. The van der Waals surface area contributed by atoms with Crippen LogP contribution in [0.4, 0.5) is 5.69 Å². The molecule has 0 aliphatic carbocycles. The predicted octanol–water partition coefficient (Wildman–Crippen LogP) is 1.73. The van der Waals surface area contributed by atoms with Crippen LogP contribution < -0.4 is 10.6 Å². The number of carbonyl (C=O) groups excluding carboxylic acids is 1. The summed E-state index contributed by atoms with van der Waals surface area (Å²) in [5, 5.41) is 11.6. The quantitative estimate of drug-likeness (QED) is 0.370. The standard InChI is InChI=1S/C13H19N3O2/c1-9-7-5-6-8-10(9)16(4)12(17)13(2,3)11(14)15-18/h5-8,18H,1-4H3,(H2,14,15). The molecule has 18 heavy (non-hydrogen) atoms. The molecule has 5 nitrogen and oxygen atoms in total. The molecule has 1 amide bonds. The summed E-state index contributed by atoms with van der Waals surface area (Å²) in [5.74, 6) is -0.333. The van der Waals surface area contributed by atoms with Crippen LogP contribution in [0.3, 0.4) is 0 Å². The van der Waals surface area contributed by atoms with E-state index in [1.54, 1.807) is 20.9 Å². The number of anilines is 1. The summed E-state index contributed by atoms with van der Waals surface area (Å²) in [7, 11) is 1.68. The molecule has 0 aliphatic heterocycles. The average molecular weight is 249 g/mol. The molecule has 0 saturated heterocycles. The third-order valence-electron chi connectivity index (χ3n) is 3.06. The van der Waals surface area contributed by atoms with Gasteiger partial charge in [-0.15, -0.1) is 0 Å². The molecule has 1 rings (SSSR count). The van der Waals surface area contributed by atoms with Gasteiger partial charge in [-0.2, -0.15) is 0 Å². The van der Waals surface area contributed by atoms with E-state index in [2.05, 4.69) is 5.16 Å². The number of amides is 1. The second kappa shape index (κ2) is 5.08. The molecule has 0 radical (unpaired) electrons. The zero-order chi connectivity index (χ0) is 13.9. The fourth-order valence-corrected chi connectivity index (χ4v) is 1.70. The Morgan fingerprint density at radius 2 is 1.94 bits per heavy atom. The normalized spacial score (nSPS) is 12.3. The van der Waals surface area contributed by atoms with Crippen molar-refractivity contribution >= 4 is 17.4 Å². The number of amidine groups is 1. The zero-order valence-corrected chi connectivity index (χ0v) is 11.1. The van der Waals surface area contributed by atoms with Gasteiger partial charge in [-0.3, -0.25) is 4.79 Å². The Morgan fingerprint density at radius 1 is 1.39 bits per heavy atom. The predicted molar refractivity (Wildman–Crippen MR) is 71.8 cm³/mol. The molecule has 0 atom stereocenters.